The number of nitrogens with one attached hydrogen (secondary N) is 1. The number of hydrogen-bond acceptors (Lipinski definition) is 7. The van der Waals surface area contributed by atoms with Crippen LogP contribution in [0.4, 0.5) is 0 Å². The average molecular weight is 449 g/mol. The molecule has 0 bridgehead atoms. The fourth-order valence-electron chi connectivity index (χ4n) is 3.01. The van der Waals surface area contributed by atoms with Crippen LogP contribution in [0.15, 0.2) is 72.8 Å². The summed E-state index contributed by atoms with van der Waals surface area (Å²) in [5.41, 5.74) is 1.92. The summed E-state index contributed by atoms with van der Waals surface area (Å²) < 4.78 is 26.6. The molecule has 0 aromatic heterocycles. The molecule has 1 amide bonds. The Bertz CT molecular complexity index is 1080. The Morgan fingerprint density at radius 3 is 2.30 bits per heavy atom. The Hall–Kier alpha value is -4.20. The smallest absolute Gasteiger partial charge is 0.344 e. The van der Waals surface area contributed by atoms with Crippen LogP contribution in [0.5, 0.6) is 23.0 Å². The molecular weight excluding hydrogens is 426 g/mol. The number of amides is 1. The topological polar surface area (TPSA) is 92.3 Å². The summed E-state index contributed by atoms with van der Waals surface area (Å²) in [6.45, 7) is 0.236. The number of carbonyl (C=O) groups is 2. The Morgan fingerprint density at radius 1 is 0.788 bits per heavy atom. The molecule has 0 saturated carbocycles. The number of rotatable bonds is 10. The Labute approximate surface area is 191 Å². The van der Waals surface area contributed by atoms with E-state index in [1.807, 2.05) is 36.4 Å². The predicted molar refractivity (Wildman–Crippen MR) is 118 cm³/mol. The maximum absolute atomic E-state index is 11.9. The molecule has 3 aromatic carbocycles. The van der Waals surface area contributed by atoms with E-state index in [9.17, 15) is 9.59 Å². The van der Waals surface area contributed by atoms with E-state index in [-0.39, 0.29) is 26.6 Å². The third-order valence-corrected chi connectivity index (χ3v) is 4.72. The van der Waals surface area contributed by atoms with E-state index in [0.29, 0.717) is 29.6 Å². The maximum Gasteiger partial charge on any atom is 0.344 e. The van der Waals surface area contributed by atoms with E-state index in [4.69, 9.17) is 23.7 Å². The van der Waals surface area contributed by atoms with E-state index in [1.54, 1.807) is 36.4 Å². The standard InChI is InChI=1S/C25H23NO7/c27-24(26-13-19-6-11-22-23(12-19)33-17-32-22)15-31-25(28)16-30-21-9-7-20(8-10-21)29-14-18-4-2-1-3-5-18/h1-12H,13-17H2,(H,26,27). The second-order valence-electron chi connectivity index (χ2n) is 7.16. The van der Waals surface area contributed by atoms with Crippen LogP contribution in [-0.2, 0) is 27.5 Å². The second-order valence-corrected chi connectivity index (χ2v) is 7.16. The van der Waals surface area contributed by atoms with Gasteiger partial charge in [-0.25, -0.2) is 4.79 Å². The summed E-state index contributed by atoms with van der Waals surface area (Å²) in [6, 6.07) is 22.2. The zero-order chi connectivity index (χ0) is 22.9. The Kier molecular flexibility index (Phi) is 7.27. The van der Waals surface area contributed by atoms with Gasteiger partial charge in [0.1, 0.15) is 18.1 Å². The van der Waals surface area contributed by atoms with Gasteiger partial charge in [0, 0.05) is 6.54 Å². The molecule has 0 radical (unpaired) electrons. The first-order valence-corrected chi connectivity index (χ1v) is 10.4. The van der Waals surface area contributed by atoms with Crippen molar-refractivity contribution in [2.45, 2.75) is 13.2 Å². The van der Waals surface area contributed by atoms with Crippen LogP contribution < -0.4 is 24.3 Å². The van der Waals surface area contributed by atoms with E-state index in [0.717, 1.165) is 11.1 Å². The minimum absolute atomic E-state index is 0.190. The first kappa shape index (κ1) is 22.0. The molecule has 3 aromatic rings. The number of ether oxygens (including phenoxy) is 5. The molecule has 0 spiro atoms. The number of carbonyl (C=O) groups excluding carboxylic acids is 2. The maximum atomic E-state index is 11.9. The quantitative estimate of drug-likeness (QED) is 0.475. The summed E-state index contributed by atoms with van der Waals surface area (Å²) in [5, 5.41) is 2.68. The van der Waals surface area contributed by atoms with E-state index in [2.05, 4.69) is 5.32 Å². The van der Waals surface area contributed by atoms with Gasteiger partial charge in [-0.3, -0.25) is 4.79 Å². The van der Waals surface area contributed by atoms with Crippen LogP contribution in [0.3, 0.4) is 0 Å². The van der Waals surface area contributed by atoms with Gasteiger partial charge in [-0.05, 0) is 47.5 Å². The van der Waals surface area contributed by atoms with Crippen molar-refractivity contribution < 1.29 is 33.3 Å². The summed E-state index contributed by atoms with van der Waals surface area (Å²) in [4.78, 5) is 23.8. The summed E-state index contributed by atoms with van der Waals surface area (Å²) in [7, 11) is 0. The fraction of sp³-hybridized carbons (Fsp3) is 0.200. The molecule has 1 aliphatic heterocycles. The first-order chi connectivity index (χ1) is 16.2. The normalized spacial score (nSPS) is 11.5. The molecule has 0 aliphatic carbocycles. The molecule has 1 N–H and O–H groups in total. The molecular formula is C25H23NO7. The van der Waals surface area contributed by atoms with E-state index < -0.39 is 11.9 Å². The molecule has 0 atom stereocenters. The molecule has 1 heterocycles. The van der Waals surface area contributed by atoms with E-state index in [1.165, 1.54) is 0 Å². The van der Waals surface area contributed by atoms with Crippen LogP contribution in [0.2, 0.25) is 0 Å². The molecule has 0 fully saturated rings. The third-order valence-electron chi connectivity index (χ3n) is 4.72. The van der Waals surface area contributed by atoms with Crippen molar-refractivity contribution in [1.29, 1.82) is 0 Å². The van der Waals surface area contributed by atoms with Gasteiger partial charge >= 0.3 is 5.97 Å². The Morgan fingerprint density at radius 2 is 1.52 bits per heavy atom. The van der Waals surface area contributed by atoms with Gasteiger partial charge < -0.3 is 29.0 Å². The van der Waals surface area contributed by atoms with Crippen molar-refractivity contribution in [3.63, 3.8) is 0 Å². The third kappa shape index (κ3) is 6.64. The molecule has 33 heavy (non-hydrogen) atoms. The number of hydrogen-bond donors (Lipinski definition) is 1. The van der Waals surface area contributed by atoms with Crippen molar-refractivity contribution in [3.05, 3.63) is 83.9 Å². The number of fused-ring (bicyclic) bond motifs is 1. The van der Waals surface area contributed by atoms with Gasteiger partial charge in [0.2, 0.25) is 6.79 Å². The SMILES string of the molecule is O=C(COC(=O)COc1ccc(OCc2ccccc2)cc1)NCc1ccc2c(c1)OCO2. The van der Waals surface area contributed by atoms with Crippen molar-refractivity contribution in [2.24, 2.45) is 0 Å². The molecule has 170 valence electrons. The van der Waals surface area contributed by atoms with Crippen molar-refractivity contribution in [2.75, 3.05) is 20.0 Å². The lowest BCUT2D eigenvalue weighted by Gasteiger charge is -2.09. The lowest BCUT2D eigenvalue weighted by Crippen LogP contribution is -2.29. The molecule has 8 nitrogen and oxygen atoms in total. The largest absolute Gasteiger partial charge is 0.489 e. The number of esters is 1. The van der Waals surface area contributed by atoms with Crippen LogP contribution in [0.25, 0.3) is 0 Å². The predicted octanol–water partition coefficient (Wildman–Crippen LogP) is 3.23. The summed E-state index contributed by atoms with van der Waals surface area (Å²) in [5.74, 6) is 1.44. The average Bonchev–Trinajstić information content (AvgIpc) is 3.33. The highest BCUT2D eigenvalue weighted by molar-refractivity contribution is 5.80. The minimum atomic E-state index is -0.641. The molecule has 0 saturated heterocycles. The van der Waals surface area contributed by atoms with Crippen molar-refractivity contribution in [1.82, 2.24) is 5.32 Å². The van der Waals surface area contributed by atoms with Gasteiger partial charge in [0.05, 0.1) is 0 Å². The molecule has 4 rings (SSSR count). The molecule has 1 aliphatic rings. The van der Waals surface area contributed by atoms with Gasteiger partial charge in [-0.15, -0.1) is 0 Å². The first-order valence-electron chi connectivity index (χ1n) is 10.4. The highest BCUT2D eigenvalue weighted by Gasteiger charge is 2.14. The fourth-order valence-corrected chi connectivity index (χ4v) is 3.01. The highest BCUT2D eigenvalue weighted by Crippen LogP contribution is 2.32. The monoisotopic (exact) mass is 449 g/mol. The van der Waals surface area contributed by atoms with Crippen LogP contribution >= 0.6 is 0 Å². The zero-order valence-corrected chi connectivity index (χ0v) is 17.8. The van der Waals surface area contributed by atoms with Crippen molar-refractivity contribution >= 4 is 11.9 Å². The second kappa shape index (κ2) is 10.9. The lowest BCUT2D eigenvalue weighted by molar-refractivity contribution is -0.150. The lowest BCUT2D eigenvalue weighted by atomic mass is 10.2. The van der Waals surface area contributed by atoms with Crippen LogP contribution in [-0.4, -0.2) is 31.9 Å². The van der Waals surface area contributed by atoms with Gasteiger partial charge in [-0.1, -0.05) is 36.4 Å². The van der Waals surface area contributed by atoms with Gasteiger partial charge in [0.25, 0.3) is 5.91 Å². The van der Waals surface area contributed by atoms with Crippen LogP contribution in [0.1, 0.15) is 11.1 Å². The Balaban J connectivity index is 1.12. The van der Waals surface area contributed by atoms with Gasteiger partial charge in [0.15, 0.2) is 24.7 Å². The number of benzene rings is 3. The van der Waals surface area contributed by atoms with Gasteiger partial charge in [-0.2, -0.15) is 0 Å². The summed E-state index contributed by atoms with van der Waals surface area (Å²) >= 11 is 0. The molecule has 0 unspecified atom stereocenters. The highest BCUT2D eigenvalue weighted by atomic mass is 16.7. The van der Waals surface area contributed by atoms with E-state index >= 15 is 0 Å². The van der Waals surface area contributed by atoms with Crippen molar-refractivity contribution in [3.8, 4) is 23.0 Å². The molecule has 8 heteroatoms. The minimum Gasteiger partial charge on any atom is -0.489 e. The zero-order valence-electron chi connectivity index (χ0n) is 17.8. The summed E-state index contributed by atoms with van der Waals surface area (Å²) in [6.07, 6.45) is 0. The van der Waals surface area contributed by atoms with Crippen LogP contribution in [0, 0.1) is 0 Å².